The lowest BCUT2D eigenvalue weighted by molar-refractivity contribution is -0.410. The van der Waals surface area contributed by atoms with Crippen LogP contribution < -0.4 is 10.7 Å². The number of thioether (sulfide) groups is 1. The first kappa shape index (κ1) is 17.1. The highest BCUT2D eigenvalue weighted by Gasteiger charge is 2.29. The summed E-state index contributed by atoms with van der Waals surface area (Å²) in [6.07, 6.45) is 3.21. The molecule has 0 saturated carbocycles. The van der Waals surface area contributed by atoms with Crippen LogP contribution in [0.25, 0.3) is 0 Å². The highest BCUT2D eigenvalue weighted by Crippen LogP contribution is 2.25. The number of nitriles is 2. The van der Waals surface area contributed by atoms with Gasteiger partial charge in [0.1, 0.15) is 23.3 Å². The van der Waals surface area contributed by atoms with Gasteiger partial charge in [0, 0.05) is 12.1 Å². The maximum absolute atomic E-state index is 12.5. The molecule has 1 aromatic heterocycles. The number of aromatic nitrogens is 1. The summed E-state index contributed by atoms with van der Waals surface area (Å²) in [4.78, 5) is 17.3. The molecule has 0 aliphatic carbocycles. The number of pyridine rings is 1. The van der Waals surface area contributed by atoms with E-state index in [1.165, 1.54) is 17.8 Å². The standard InChI is InChI=1S/C16H19N5OS/c1-10-4-3-5-11(2)21(10)14(22)9-23-16-13(8-18)6-12(7-17)15(19)20-16/h6,10-11H,3-5,9H2,1-2H3,(H2,19,20)/p+1/t10-,11-/m0/s1. The molecular weight excluding hydrogens is 310 g/mol. The fraction of sp³-hybridized carbons (Fsp3) is 0.500. The fourth-order valence-electron chi connectivity index (χ4n) is 2.96. The van der Waals surface area contributed by atoms with Crippen LogP contribution in [-0.2, 0) is 4.79 Å². The van der Waals surface area contributed by atoms with E-state index in [-0.39, 0.29) is 35.1 Å². The highest BCUT2D eigenvalue weighted by atomic mass is 32.2. The van der Waals surface area contributed by atoms with Crippen LogP contribution in [0.3, 0.4) is 0 Å². The van der Waals surface area contributed by atoms with Crippen LogP contribution in [-0.4, -0.2) is 28.6 Å². The van der Waals surface area contributed by atoms with E-state index >= 15 is 0 Å². The second-order valence-electron chi connectivity index (χ2n) is 5.78. The van der Waals surface area contributed by atoms with E-state index < -0.39 is 0 Å². The SMILES string of the molecule is C[C@H]1CCC[C@H](C)N1C(=O)CSc1[nH+]c(N)c(C#N)cc1C#N. The van der Waals surface area contributed by atoms with E-state index in [0.29, 0.717) is 10.6 Å². The maximum Gasteiger partial charge on any atom is 0.289 e. The van der Waals surface area contributed by atoms with Gasteiger partial charge in [-0.1, -0.05) is 11.8 Å². The van der Waals surface area contributed by atoms with Gasteiger partial charge in [-0.3, -0.25) is 10.5 Å². The number of likely N-dealkylation sites (tertiary alicyclic amines) is 1. The minimum atomic E-state index is 0.0647. The Kier molecular flexibility index (Phi) is 5.46. The van der Waals surface area contributed by atoms with E-state index in [4.69, 9.17) is 11.0 Å². The van der Waals surface area contributed by atoms with Gasteiger partial charge in [0.25, 0.3) is 5.82 Å². The zero-order chi connectivity index (χ0) is 17.0. The fourth-order valence-corrected chi connectivity index (χ4v) is 3.81. The smallest absolute Gasteiger partial charge is 0.289 e. The van der Waals surface area contributed by atoms with Crippen molar-refractivity contribution in [1.29, 1.82) is 10.5 Å². The Labute approximate surface area is 140 Å². The second-order valence-corrected chi connectivity index (χ2v) is 6.77. The minimum Gasteiger partial charge on any atom is -0.337 e. The molecular formula is C16H20N5OS+. The number of carbonyl (C=O) groups is 1. The van der Waals surface area contributed by atoms with Gasteiger partial charge in [-0.2, -0.15) is 10.5 Å². The van der Waals surface area contributed by atoms with Crippen molar-refractivity contribution in [2.45, 2.75) is 50.2 Å². The number of hydrogen-bond donors (Lipinski definition) is 1. The Morgan fingerprint density at radius 3 is 2.52 bits per heavy atom. The molecule has 0 bridgehead atoms. The van der Waals surface area contributed by atoms with E-state index in [1.807, 2.05) is 17.0 Å². The van der Waals surface area contributed by atoms with Crippen molar-refractivity contribution in [1.82, 2.24) is 4.90 Å². The number of carbonyl (C=O) groups excluding carboxylic acids is 1. The van der Waals surface area contributed by atoms with E-state index in [1.54, 1.807) is 0 Å². The summed E-state index contributed by atoms with van der Waals surface area (Å²) >= 11 is 1.25. The molecule has 2 rings (SSSR count). The monoisotopic (exact) mass is 330 g/mol. The van der Waals surface area contributed by atoms with Gasteiger partial charge in [-0.15, -0.1) is 0 Å². The Bertz CT molecular complexity index is 681. The lowest BCUT2D eigenvalue weighted by Crippen LogP contribution is -2.48. The third-order valence-corrected chi connectivity index (χ3v) is 5.14. The van der Waals surface area contributed by atoms with E-state index in [0.717, 1.165) is 19.3 Å². The summed E-state index contributed by atoms with van der Waals surface area (Å²) in [7, 11) is 0. The molecule has 2 heterocycles. The van der Waals surface area contributed by atoms with Gasteiger partial charge in [-0.05, 0) is 39.2 Å². The van der Waals surface area contributed by atoms with Crippen molar-refractivity contribution >= 4 is 23.5 Å². The molecule has 1 aliphatic heterocycles. The van der Waals surface area contributed by atoms with Gasteiger partial charge < -0.3 is 4.90 Å². The Hall–Kier alpha value is -2.25. The number of aromatic amines is 1. The summed E-state index contributed by atoms with van der Waals surface area (Å²) in [6.45, 7) is 4.15. The number of nitrogens with one attached hydrogen (secondary N) is 1. The number of hydrogen-bond acceptors (Lipinski definition) is 5. The first-order valence-corrected chi connectivity index (χ1v) is 8.56. The molecule has 0 aromatic carbocycles. The van der Waals surface area contributed by atoms with Crippen LogP contribution in [0, 0.1) is 22.7 Å². The Morgan fingerprint density at radius 1 is 1.35 bits per heavy atom. The van der Waals surface area contributed by atoms with Crippen molar-refractivity contribution in [2.75, 3.05) is 11.5 Å². The molecule has 1 fully saturated rings. The minimum absolute atomic E-state index is 0.0647. The molecule has 0 radical (unpaired) electrons. The van der Waals surface area contributed by atoms with Gasteiger partial charge in [-0.25, -0.2) is 4.98 Å². The number of nitrogens with two attached hydrogens (primary N) is 1. The number of piperidine rings is 1. The lowest BCUT2D eigenvalue weighted by Gasteiger charge is -2.39. The number of anilines is 1. The summed E-state index contributed by atoms with van der Waals surface area (Å²) in [5, 5.41) is 18.7. The van der Waals surface area contributed by atoms with Gasteiger partial charge in [0.05, 0.1) is 5.75 Å². The number of nitrogens with zero attached hydrogens (tertiary/aromatic N) is 3. The highest BCUT2D eigenvalue weighted by molar-refractivity contribution is 7.99. The third-order valence-electron chi connectivity index (χ3n) is 4.13. The molecule has 0 unspecified atom stereocenters. The van der Waals surface area contributed by atoms with E-state index in [2.05, 4.69) is 18.8 Å². The molecule has 0 spiro atoms. The molecule has 7 heteroatoms. The van der Waals surface area contributed by atoms with Crippen LogP contribution in [0.5, 0.6) is 0 Å². The van der Waals surface area contributed by atoms with Crippen LogP contribution >= 0.6 is 11.8 Å². The van der Waals surface area contributed by atoms with Gasteiger partial charge >= 0.3 is 0 Å². The number of nitrogen functional groups attached to an aromatic ring is 1. The molecule has 120 valence electrons. The maximum atomic E-state index is 12.5. The van der Waals surface area contributed by atoms with Crippen LogP contribution in [0.2, 0.25) is 0 Å². The zero-order valence-corrected chi connectivity index (χ0v) is 14.1. The average molecular weight is 330 g/mol. The topological polar surface area (TPSA) is 108 Å². The lowest BCUT2D eigenvalue weighted by atomic mass is 9.98. The number of amides is 1. The molecule has 1 aliphatic rings. The largest absolute Gasteiger partial charge is 0.337 e. The predicted octanol–water partition coefficient (Wildman–Crippen LogP) is 1.71. The molecule has 1 saturated heterocycles. The second kappa shape index (κ2) is 7.34. The van der Waals surface area contributed by atoms with Gasteiger partial charge in [0.15, 0.2) is 5.03 Å². The molecule has 6 nitrogen and oxygen atoms in total. The summed E-state index contributed by atoms with van der Waals surface area (Å²) < 4.78 is 0. The molecule has 3 N–H and O–H groups in total. The van der Waals surface area contributed by atoms with E-state index in [9.17, 15) is 10.1 Å². The van der Waals surface area contributed by atoms with Gasteiger partial charge in [0.2, 0.25) is 5.91 Å². The summed E-state index contributed by atoms with van der Waals surface area (Å²) in [6, 6.07) is 5.91. The number of H-pyrrole nitrogens is 1. The number of rotatable bonds is 3. The molecule has 2 atom stereocenters. The van der Waals surface area contributed by atoms with Crippen molar-refractivity contribution in [3.05, 3.63) is 17.2 Å². The Morgan fingerprint density at radius 2 is 1.96 bits per heavy atom. The van der Waals surface area contributed by atoms with Crippen molar-refractivity contribution in [3.63, 3.8) is 0 Å². The first-order chi connectivity index (χ1) is 11.0. The zero-order valence-electron chi connectivity index (χ0n) is 13.3. The summed E-state index contributed by atoms with van der Waals surface area (Å²) in [5.41, 5.74) is 6.31. The first-order valence-electron chi connectivity index (χ1n) is 7.57. The van der Waals surface area contributed by atoms with Crippen molar-refractivity contribution < 1.29 is 9.78 Å². The predicted molar refractivity (Wildman–Crippen MR) is 87.2 cm³/mol. The quantitative estimate of drug-likeness (QED) is 0.849. The Balaban J connectivity index is 2.12. The van der Waals surface area contributed by atoms with Crippen molar-refractivity contribution in [2.24, 2.45) is 0 Å². The van der Waals surface area contributed by atoms with Crippen LogP contribution in [0.1, 0.15) is 44.2 Å². The van der Waals surface area contributed by atoms with Crippen LogP contribution in [0.4, 0.5) is 5.82 Å². The average Bonchev–Trinajstić information content (AvgIpc) is 2.52. The van der Waals surface area contributed by atoms with Crippen LogP contribution in [0.15, 0.2) is 11.1 Å². The molecule has 1 aromatic rings. The molecule has 23 heavy (non-hydrogen) atoms. The third kappa shape index (κ3) is 3.75. The van der Waals surface area contributed by atoms with Crippen molar-refractivity contribution in [3.8, 4) is 12.1 Å². The molecule has 1 amide bonds. The summed E-state index contributed by atoms with van der Waals surface area (Å²) in [5.74, 6) is 0.515. The normalized spacial score (nSPS) is 20.6.